The SMILES string of the molecule is Cc1cc2c(c([N+](=O)[O-])c1)-c1c(c3ccccc3n1C)CC2. The van der Waals surface area contributed by atoms with Crippen molar-refractivity contribution >= 4 is 16.6 Å². The Morgan fingerprint density at radius 1 is 1.18 bits per heavy atom. The highest BCUT2D eigenvalue weighted by Crippen LogP contribution is 2.44. The molecule has 3 aromatic rings. The van der Waals surface area contributed by atoms with E-state index in [9.17, 15) is 10.1 Å². The van der Waals surface area contributed by atoms with Crippen LogP contribution in [0.5, 0.6) is 0 Å². The molecule has 0 bridgehead atoms. The largest absolute Gasteiger partial charge is 0.343 e. The molecule has 0 aliphatic heterocycles. The molecule has 4 heteroatoms. The van der Waals surface area contributed by atoms with Crippen molar-refractivity contribution < 1.29 is 4.92 Å². The van der Waals surface area contributed by atoms with E-state index in [1.807, 2.05) is 26.1 Å². The summed E-state index contributed by atoms with van der Waals surface area (Å²) in [6, 6.07) is 12.0. The fourth-order valence-corrected chi connectivity index (χ4v) is 3.76. The van der Waals surface area contributed by atoms with E-state index in [0.29, 0.717) is 0 Å². The van der Waals surface area contributed by atoms with Crippen molar-refractivity contribution in [1.82, 2.24) is 4.57 Å². The lowest BCUT2D eigenvalue weighted by Crippen LogP contribution is -2.08. The average molecular weight is 292 g/mol. The van der Waals surface area contributed by atoms with Crippen molar-refractivity contribution in [2.75, 3.05) is 0 Å². The maximum absolute atomic E-state index is 11.6. The van der Waals surface area contributed by atoms with Gasteiger partial charge in [-0.1, -0.05) is 24.3 Å². The van der Waals surface area contributed by atoms with Crippen LogP contribution in [0, 0.1) is 17.0 Å². The molecule has 4 rings (SSSR count). The Morgan fingerprint density at radius 2 is 1.95 bits per heavy atom. The van der Waals surface area contributed by atoms with Crippen molar-refractivity contribution in [1.29, 1.82) is 0 Å². The van der Waals surface area contributed by atoms with Gasteiger partial charge in [-0.2, -0.15) is 0 Å². The van der Waals surface area contributed by atoms with Gasteiger partial charge in [-0.25, -0.2) is 0 Å². The van der Waals surface area contributed by atoms with Crippen LogP contribution in [-0.4, -0.2) is 9.49 Å². The van der Waals surface area contributed by atoms with Crippen LogP contribution in [-0.2, 0) is 19.9 Å². The minimum absolute atomic E-state index is 0.224. The van der Waals surface area contributed by atoms with Crippen LogP contribution in [0.2, 0.25) is 0 Å². The summed E-state index contributed by atoms with van der Waals surface area (Å²) in [5, 5.41) is 12.8. The summed E-state index contributed by atoms with van der Waals surface area (Å²) in [4.78, 5) is 11.3. The molecule has 4 nitrogen and oxygen atoms in total. The highest BCUT2D eigenvalue weighted by molar-refractivity contribution is 5.95. The summed E-state index contributed by atoms with van der Waals surface area (Å²) >= 11 is 0. The molecule has 110 valence electrons. The molecule has 1 aliphatic rings. The first-order valence-electron chi connectivity index (χ1n) is 7.42. The van der Waals surface area contributed by atoms with E-state index in [0.717, 1.165) is 40.7 Å². The first kappa shape index (κ1) is 13.1. The third-order valence-corrected chi connectivity index (χ3v) is 4.63. The number of nitro groups is 1. The number of aromatic nitrogens is 1. The highest BCUT2D eigenvalue weighted by Gasteiger charge is 2.29. The molecule has 1 heterocycles. The second-order valence-corrected chi connectivity index (χ2v) is 5.98. The van der Waals surface area contributed by atoms with E-state index in [1.165, 1.54) is 10.9 Å². The Morgan fingerprint density at radius 3 is 2.73 bits per heavy atom. The molecule has 0 atom stereocenters. The van der Waals surface area contributed by atoms with Gasteiger partial charge in [0.05, 0.1) is 16.2 Å². The van der Waals surface area contributed by atoms with Gasteiger partial charge in [0.25, 0.3) is 5.69 Å². The lowest BCUT2D eigenvalue weighted by Gasteiger charge is -2.19. The normalized spacial score (nSPS) is 13.0. The van der Waals surface area contributed by atoms with Gasteiger partial charge in [-0.3, -0.25) is 10.1 Å². The molecular weight excluding hydrogens is 276 g/mol. The van der Waals surface area contributed by atoms with Gasteiger partial charge in [0.15, 0.2) is 0 Å². The van der Waals surface area contributed by atoms with E-state index >= 15 is 0 Å². The van der Waals surface area contributed by atoms with E-state index in [-0.39, 0.29) is 10.6 Å². The fourth-order valence-electron chi connectivity index (χ4n) is 3.76. The molecule has 1 aliphatic carbocycles. The summed E-state index contributed by atoms with van der Waals surface area (Å²) in [7, 11) is 2.00. The number of benzene rings is 2. The summed E-state index contributed by atoms with van der Waals surface area (Å²) in [5.41, 5.74) is 6.44. The van der Waals surface area contributed by atoms with Crippen LogP contribution in [0.4, 0.5) is 5.69 Å². The van der Waals surface area contributed by atoms with E-state index in [2.05, 4.69) is 22.8 Å². The number of nitrogens with zero attached hydrogens (tertiary/aromatic N) is 2. The van der Waals surface area contributed by atoms with Crippen LogP contribution < -0.4 is 0 Å². The quantitative estimate of drug-likeness (QED) is 0.499. The van der Waals surface area contributed by atoms with Crippen LogP contribution in [0.25, 0.3) is 22.2 Å². The van der Waals surface area contributed by atoms with Gasteiger partial charge in [-0.05, 0) is 42.5 Å². The van der Waals surface area contributed by atoms with E-state index in [1.54, 1.807) is 6.07 Å². The number of para-hydroxylation sites is 1. The van der Waals surface area contributed by atoms with Crippen LogP contribution in [0.1, 0.15) is 16.7 Å². The number of nitro benzene ring substituents is 1. The van der Waals surface area contributed by atoms with Gasteiger partial charge in [0.1, 0.15) is 0 Å². The molecule has 0 unspecified atom stereocenters. The Bertz CT molecular complexity index is 938. The maximum atomic E-state index is 11.6. The van der Waals surface area contributed by atoms with Crippen molar-refractivity contribution in [3.63, 3.8) is 0 Å². The van der Waals surface area contributed by atoms with Crippen LogP contribution in [0.15, 0.2) is 36.4 Å². The molecule has 0 radical (unpaired) electrons. The zero-order valence-corrected chi connectivity index (χ0v) is 12.6. The molecule has 1 aromatic heterocycles. The first-order chi connectivity index (χ1) is 10.6. The lowest BCUT2D eigenvalue weighted by molar-refractivity contribution is -0.384. The molecule has 2 aromatic carbocycles. The average Bonchev–Trinajstić information content (AvgIpc) is 2.80. The molecule has 0 spiro atoms. The number of aryl methyl sites for hydroxylation is 4. The van der Waals surface area contributed by atoms with Crippen molar-refractivity contribution in [3.8, 4) is 11.3 Å². The summed E-state index contributed by atoms with van der Waals surface area (Å²) in [6.45, 7) is 1.92. The van der Waals surface area contributed by atoms with Gasteiger partial charge in [0, 0.05) is 24.0 Å². The minimum Gasteiger partial charge on any atom is -0.343 e. The van der Waals surface area contributed by atoms with Crippen LogP contribution >= 0.6 is 0 Å². The van der Waals surface area contributed by atoms with Gasteiger partial charge in [-0.15, -0.1) is 0 Å². The number of hydrogen-bond donors (Lipinski definition) is 0. The summed E-state index contributed by atoms with van der Waals surface area (Å²) < 4.78 is 2.10. The van der Waals surface area contributed by atoms with E-state index in [4.69, 9.17) is 0 Å². The van der Waals surface area contributed by atoms with Gasteiger partial charge >= 0.3 is 0 Å². The van der Waals surface area contributed by atoms with Gasteiger partial charge in [0.2, 0.25) is 0 Å². The predicted molar refractivity (Wildman–Crippen MR) is 87.2 cm³/mol. The zero-order valence-electron chi connectivity index (χ0n) is 12.6. The minimum atomic E-state index is -0.251. The van der Waals surface area contributed by atoms with Crippen molar-refractivity contribution in [2.45, 2.75) is 19.8 Å². The molecular formula is C18H16N2O2. The third-order valence-electron chi connectivity index (χ3n) is 4.63. The maximum Gasteiger partial charge on any atom is 0.279 e. The Balaban J connectivity index is 2.16. The number of rotatable bonds is 1. The van der Waals surface area contributed by atoms with Crippen LogP contribution in [0.3, 0.4) is 0 Å². The van der Waals surface area contributed by atoms with E-state index < -0.39 is 0 Å². The highest BCUT2D eigenvalue weighted by atomic mass is 16.6. The second-order valence-electron chi connectivity index (χ2n) is 5.98. The Kier molecular flexibility index (Phi) is 2.64. The standard InChI is InChI=1S/C18H16N2O2/c1-11-9-12-7-8-14-13-5-3-4-6-15(13)19(2)18(14)17(12)16(10-11)20(21)22/h3-6,9-10H,7-8H2,1-2H3. The van der Waals surface area contributed by atoms with Gasteiger partial charge < -0.3 is 4.57 Å². The molecule has 22 heavy (non-hydrogen) atoms. The van der Waals surface area contributed by atoms with Crippen molar-refractivity contribution in [2.24, 2.45) is 7.05 Å². The number of hydrogen-bond acceptors (Lipinski definition) is 2. The first-order valence-corrected chi connectivity index (χ1v) is 7.42. The van der Waals surface area contributed by atoms with Crippen molar-refractivity contribution in [3.05, 3.63) is 63.2 Å². The Labute approximate surface area is 128 Å². The molecule has 0 fully saturated rings. The second kappa shape index (κ2) is 4.44. The predicted octanol–water partition coefficient (Wildman–Crippen LogP) is 4.16. The molecule has 0 N–H and O–H groups in total. The molecule has 0 saturated carbocycles. The Hall–Kier alpha value is -2.62. The topological polar surface area (TPSA) is 48.1 Å². The molecule has 0 amide bonds. The summed E-state index contributed by atoms with van der Waals surface area (Å²) in [6.07, 6.45) is 1.79. The lowest BCUT2D eigenvalue weighted by atomic mass is 9.87. The monoisotopic (exact) mass is 292 g/mol. The number of fused-ring (bicyclic) bond motifs is 5. The molecule has 0 saturated heterocycles. The smallest absolute Gasteiger partial charge is 0.279 e. The fraction of sp³-hybridized carbons (Fsp3) is 0.222. The third kappa shape index (κ3) is 1.64. The zero-order chi connectivity index (χ0) is 15.4. The summed E-state index contributed by atoms with van der Waals surface area (Å²) in [5.74, 6) is 0.